The molecule has 2 unspecified atom stereocenters. The fourth-order valence-electron chi connectivity index (χ4n) is 4.51. The first-order valence-corrected chi connectivity index (χ1v) is 6.24. The molecule has 4 aliphatic rings. The summed E-state index contributed by atoms with van der Waals surface area (Å²) in [5, 5.41) is 20.8. The smallest absolute Gasteiger partial charge is 0.131 e. The van der Waals surface area contributed by atoms with Crippen molar-refractivity contribution in [1.82, 2.24) is 0 Å². The number of hydrogen-bond acceptors (Lipinski definition) is 4. The molecule has 90 valence electrons. The number of rotatable bonds is 1. The van der Waals surface area contributed by atoms with E-state index in [1.807, 2.05) is 0 Å². The third-order valence-corrected chi connectivity index (χ3v) is 5.34. The third kappa shape index (κ3) is 0.706. The van der Waals surface area contributed by atoms with E-state index in [9.17, 15) is 10.2 Å². The van der Waals surface area contributed by atoms with Crippen molar-refractivity contribution in [1.29, 1.82) is 0 Å². The number of hydrogen-bond donors (Lipinski definition) is 2. The molecule has 0 aromatic carbocycles. The molecule has 4 fully saturated rings. The monoisotopic (exact) mass is 226 g/mol. The Hall–Kier alpha value is -0.160. The van der Waals surface area contributed by atoms with Crippen LogP contribution in [-0.2, 0) is 9.47 Å². The summed E-state index contributed by atoms with van der Waals surface area (Å²) in [5.41, 5.74) is -1.76. The van der Waals surface area contributed by atoms with E-state index in [0.717, 1.165) is 6.42 Å². The Labute approximate surface area is 94.5 Å². The number of fused-ring (bicyclic) bond motifs is 2. The highest BCUT2D eigenvalue weighted by molar-refractivity contribution is 5.39. The molecule has 2 aliphatic carbocycles. The minimum atomic E-state index is -0.872. The van der Waals surface area contributed by atoms with Gasteiger partial charge in [0.15, 0.2) is 0 Å². The second-order valence-electron chi connectivity index (χ2n) is 6.15. The maximum atomic E-state index is 11.0. The van der Waals surface area contributed by atoms with Gasteiger partial charge in [0, 0.05) is 6.42 Å². The zero-order valence-electron chi connectivity index (χ0n) is 9.64. The maximum absolute atomic E-state index is 11.0. The molecule has 0 radical (unpaired) electrons. The van der Waals surface area contributed by atoms with E-state index < -0.39 is 22.9 Å². The van der Waals surface area contributed by atoms with Crippen molar-refractivity contribution in [2.75, 3.05) is 0 Å². The molecule has 2 aliphatic heterocycles. The molecule has 2 N–H and O–H groups in total. The van der Waals surface area contributed by atoms with Crippen LogP contribution in [0, 0.1) is 5.92 Å². The molecule has 0 aromatic rings. The summed E-state index contributed by atoms with van der Waals surface area (Å²) in [4.78, 5) is 0. The predicted octanol–water partition coefficient (Wildman–Crippen LogP) is 0.207. The van der Waals surface area contributed by atoms with Gasteiger partial charge in [-0.1, -0.05) is 13.8 Å². The molecule has 0 aromatic heterocycles. The first kappa shape index (κ1) is 9.83. The van der Waals surface area contributed by atoms with E-state index in [0.29, 0.717) is 18.8 Å². The van der Waals surface area contributed by atoms with Crippen LogP contribution in [0.15, 0.2) is 0 Å². The lowest BCUT2D eigenvalue weighted by molar-refractivity contribution is -0.124. The summed E-state index contributed by atoms with van der Waals surface area (Å²) in [5.74, 6) is 0.293. The van der Waals surface area contributed by atoms with Crippen molar-refractivity contribution in [3.63, 3.8) is 0 Å². The molecule has 0 amide bonds. The van der Waals surface area contributed by atoms with E-state index in [4.69, 9.17) is 9.47 Å². The van der Waals surface area contributed by atoms with Gasteiger partial charge in [0.05, 0.1) is 12.2 Å². The van der Waals surface area contributed by atoms with Crippen molar-refractivity contribution in [3.05, 3.63) is 0 Å². The molecular weight excluding hydrogens is 208 g/mol. The van der Waals surface area contributed by atoms with Gasteiger partial charge in [-0.2, -0.15) is 0 Å². The highest BCUT2D eigenvalue weighted by Gasteiger charge is 2.91. The van der Waals surface area contributed by atoms with Gasteiger partial charge in [-0.25, -0.2) is 0 Å². The van der Waals surface area contributed by atoms with Crippen LogP contribution < -0.4 is 0 Å². The predicted molar refractivity (Wildman–Crippen MR) is 54.9 cm³/mol. The van der Waals surface area contributed by atoms with Crippen molar-refractivity contribution in [2.45, 2.75) is 68.2 Å². The lowest BCUT2D eigenvalue weighted by atomic mass is 9.68. The number of aliphatic hydroxyl groups is 2. The third-order valence-electron chi connectivity index (χ3n) is 5.34. The van der Waals surface area contributed by atoms with Gasteiger partial charge in [0.25, 0.3) is 0 Å². The van der Waals surface area contributed by atoms with Crippen LogP contribution in [0.5, 0.6) is 0 Å². The van der Waals surface area contributed by atoms with Gasteiger partial charge >= 0.3 is 0 Å². The van der Waals surface area contributed by atoms with Crippen LogP contribution >= 0.6 is 0 Å². The summed E-state index contributed by atoms with van der Waals surface area (Å²) in [7, 11) is 0. The first-order valence-electron chi connectivity index (χ1n) is 6.24. The Morgan fingerprint density at radius 2 is 2.06 bits per heavy atom. The van der Waals surface area contributed by atoms with E-state index in [1.54, 1.807) is 0 Å². The first-order chi connectivity index (χ1) is 7.48. The second-order valence-corrected chi connectivity index (χ2v) is 6.15. The highest BCUT2D eigenvalue weighted by Crippen LogP contribution is 2.74. The molecule has 6 atom stereocenters. The lowest BCUT2D eigenvalue weighted by Gasteiger charge is -2.41. The van der Waals surface area contributed by atoms with Crippen molar-refractivity contribution < 1.29 is 19.7 Å². The zero-order valence-corrected chi connectivity index (χ0v) is 9.64. The standard InChI is InChI=1S/C12H18O4/c1-6(2)12-8(15-12)5-10-9(16-10)7(13)3-4-11(10,12)14/h6-9,13-14H,3-5H2,1-2H3/t7-,8+,9?,10?,11+,12+/m0/s1. The largest absolute Gasteiger partial charge is 0.390 e. The van der Waals surface area contributed by atoms with Gasteiger partial charge in [-0.15, -0.1) is 0 Å². The van der Waals surface area contributed by atoms with Crippen LogP contribution in [0.3, 0.4) is 0 Å². The van der Waals surface area contributed by atoms with Crippen LogP contribution in [0.2, 0.25) is 0 Å². The van der Waals surface area contributed by atoms with Gasteiger partial charge in [0.2, 0.25) is 0 Å². The Morgan fingerprint density at radius 1 is 1.31 bits per heavy atom. The minimum absolute atomic E-state index is 0.132. The lowest BCUT2D eigenvalue weighted by Crippen LogP contribution is -2.59. The number of epoxide rings is 2. The molecule has 4 heteroatoms. The van der Waals surface area contributed by atoms with Crippen LogP contribution in [0.1, 0.15) is 33.1 Å². The normalized spacial score (nSPS) is 66.2. The quantitative estimate of drug-likeness (QED) is 0.627. The van der Waals surface area contributed by atoms with Gasteiger partial charge in [-0.05, 0) is 18.8 Å². The van der Waals surface area contributed by atoms with Gasteiger partial charge in [0.1, 0.15) is 22.9 Å². The van der Waals surface area contributed by atoms with Crippen LogP contribution in [0.25, 0.3) is 0 Å². The molecule has 0 bridgehead atoms. The molecule has 2 heterocycles. The molecule has 2 saturated carbocycles. The SMILES string of the molecule is CC(C)[C@@]12O[C@@H]1CC13OC1[C@@H](O)CC[C@@]32O. The second kappa shape index (κ2) is 2.34. The fourth-order valence-corrected chi connectivity index (χ4v) is 4.51. The minimum Gasteiger partial charge on any atom is -0.390 e. The van der Waals surface area contributed by atoms with Crippen molar-refractivity contribution in [3.8, 4) is 0 Å². The maximum Gasteiger partial charge on any atom is 0.131 e. The highest BCUT2D eigenvalue weighted by atomic mass is 16.7. The van der Waals surface area contributed by atoms with E-state index >= 15 is 0 Å². The van der Waals surface area contributed by atoms with E-state index in [-0.39, 0.29) is 12.2 Å². The summed E-state index contributed by atoms with van der Waals surface area (Å²) >= 11 is 0. The molecular formula is C12H18O4. The molecule has 1 spiro atoms. The van der Waals surface area contributed by atoms with Crippen LogP contribution in [-0.4, -0.2) is 45.3 Å². The van der Waals surface area contributed by atoms with E-state index in [1.165, 1.54) is 0 Å². The number of ether oxygens (including phenoxy) is 2. The molecule has 16 heavy (non-hydrogen) atoms. The Bertz CT molecular complexity index is 370. The number of aliphatic hydroxyl groups excluding tert-OH is 1. The Kier molecular flexibility index (Phi) is 1.44. The fraction of sp³-hybridized carbons (Fsp3) is 1.00. The average Bonchev–Trinajstić information content (AvgIpc) is 3.07. The van der Waals surface area contributed by atoms with Crippen molar-refractivity contribution in [2.24, 2.45) is 5.92 Å². The van der Waals surface area contributed by atoms with Gasteiger partial charge in [-0.3, -0.25) is 0 Å². The topological polar surface area (TPSA) is 65.5 Å². The Morgan fingerprint density at radius 3 is 2.75 bits per heavy atom. The molecule has 4 nitrogen and oxygen atoms in total. The summed E-state index contributed by atoms with van der Waals surface area (Å²) < 4.78 is 11.5. The molecule has 4 rings (SSSR count). The summed E-state index contributed by atoms with van der Waals surface area (Å²) in [6, 6.07) is 0. The Balaban J connectivity index is 1.79. The molecule has 2 saturated heterocycles. The zero-order chi connectivity index (χ0) is 11.3. The van der Waals surface area contributed by atoms with Gasteiger partial charge < -0.3 is 19.7 Å². The summed E-state index contributed by atoms with van der Waals surface area (Å²) in [6.45, 7) is 4.19. The average molecular weight is 226 g/mol. The summed E-state index contributed by atoms with van der Waals surface area (Å²) in [6.07, 6.45) is 1.55. The van der Waals surface area contributed by atoms with Crippen molar-refractivity contribution >= 4 is 0 Å². The van der Waals surface area contributed by atoms with E-state index in [2.05, 4.69) is 13.8 Å². The van der Waals surface area contributed by atoms with Crippen LogP contribution in [0.4, 0.5) is 0 Å².